The van der Waals surface area contributed by atoms with Gasteiger partial charge < -0.3 is 15.0 Å². The molecule has 2 rings (SSSR count). The van der Waals surface area contributed by atoms with E-state index in [1.807, 2.05) is 25.1 Å². The summed E-state index contributed by atoms with van der Waals surface area (Å²) in [6, 6.07) is 8.01. The van der Waals surface area contributed by atoms with Crippen LogP contribution in [0.15, 0.2) is 24.3 Å². The Kier molecular flexibility index (Phi) is 3.85. The van der Waals surface area contributed by atoms with E-state index in [0.717, 1.165) is 24.5 Å². The zero-order valence-corrected chi connectivity index (χ0v) is 10.1. The molecule has 0 saturated carbocycles. The normalized spacial score (nSPS) is 13.8. The molecule has 0 spiro atoms. The van der Waals surface area contributed by atoms with E-state index in [4.69, 9.17) is 4.74 Å². The van der Waals surface area contributed by atoms with Gasteiger partial charge in [-0.25, -0.2) is 0 Å². The van der Waals surface area contributed by atoms with Crippen LogP contribution in [0.2, 0.25) is 0 Å². The van der Waals surface area contributed by atoms with Crippen molar-refractivity contribution in [1.82, 2.24) is 5.32 Å². The molecule has 1 heterocycles. The molecular formula is C13H18N2O2. The van der Waals surface area contributed by atoms with Crippen molar-refractivity contribution in [3.05, 3.63) is 24.3 Å². The summed E-state index contributed by atoms with van der Waals surface area (Å²) < 4.78 is 5.57. The smallest absolute Gasteiger partial charge is 0.219 e. The minimum atomic E-state index is 0.103. The van der Waals surface area contributed by atoms with Gasteiger partial charge in [-0.2, -0.15) is 0 Å². The van der Waals surface area contributed by atoms with Gasteiger partial charge in [-0.3, -0.25) is 4.79 Å². The Labute approximate surface area is 102 Å². The SMILES string of the molecule is CCC(=O)NCCN1CCOc2ccccc21. The number of hydrogen-bond donors (Lipinski definition) is 1. The highest BCUT2D eigenvalue weighted by atomic mass is 16.5. The first-order valence-electron chi connectivity index (χ1n) is 6.04. The number of nitrogens with one attached hydrogen (secondary N) is 1. The highest BCUT2D eigenvalue weighted by Gasteiger charge is 2.16. The molecule has 4 nitrogen and oxygen atoms in total. The number of benzene rings is 1. The van der Waals surface area contributed by atoms with Crippen LogP contribution in [0.25, 0.3) is 0 Å². The fraction of sp³-hybridized carbons (Fsp3) is 0.462. The second-order valence-electron chi connectivity index (χ2n) is 4.01. The van der Waals surface area contributed by atoms with Crippen LogP contribution >= 0.6 is 0 Å². The summed E-state index contributed by atoms with van der Waals surface area (Å²) in [7, 11) is 0. The van der Waals surface area contributed by atoms with Crippen LogP contribution in [0, 0.1) is 0 Å². The van der Waals surface area contributed by atoms with Gasteiger partial charge in [0.25, 0.3) is 0 Å². The molecule has 0 unspecified atom stereocenters. The lowest BCUT2D eigenvalue weighted by molar-refractivity contribution is -0.120. The Hall–Kier alpha value is -1.71. The second kappa shape index (κ2) is 5.57. The molecule has 0 fully saturated rings. The molecule has 92 valence electrons. The average Bonchev–Trinajstić information content (AvgIpc) is 2.39. The predicted molar refractivity (Wildman–Crippen MR) is 67.5 cm³/mol. The Morgan fingerprint density at radius 1 is 1.47 bits per heavy atom. The highest BCUT2D eigenvalue weighted by Crippen LogP contribution is 2.30. The number of nitrogens with zero attached hydrogens (tertiary/aromatic N) is 1. The lowest BCUT2D eigenvalue weighted by Gasteiger charge is -2.31. The summed E-state index contributed by atoms with van der Waals surface area (Å²) in [5.74, 6) is 1.03. The summed E-state index contributed by atoms with van der Waals surface area (Å²) in [6.07, 6.45) is 0.541. The van der Waals surface area contributed by atoms with E-state index in [1.54, 1.807) is 0 Å². The van der Waals surface area contributed by atoms with Crippen molar-refractivity contribution in [2.24, 2.45) is 0 Å². The Morgan fingerprint density at radius 3 is 3.12 bits per heavy atom. The van der Waals surface area contributed by atoms with E-state index in [1.165, 1.54) is 0 Å². The average molecular weight is 234 g/mol. The maximum atomic E-state index is 11.1. The quantitative estimate of drug-likeness (QED) is 0.856. The molecule has 1 aromatic rings. The molecule has 0 radical (unpaired) electrons. The molecule has 0 bridgehead atoms. The van der Waals surface area contributed by atoms with Crippen LogP contribution in [0.1, 0.15) is 13.3 Å². The number of anilines is 1. The lowest BCUT2D eigenvalue weighted by atomic mass is 10.2. The minimum Gasteiger partial charge on any atom is -0.490 e. The topological polar surface area (TPSA) is 41.6 Å². The maximum Gasteiger partial charge on any atom is 0.219 e. The van der Waals surface area contributed by atoms with Crippen molar-refractivity contribution in [2.45, 2.75) is 13.3 Å². The van der Waals surface area contributed by atoms with Gasteiger partial charge in [-0.15, -0.1) is 0 Å². The van der Waals surface area contributed by atoms with Crippen molar-refractivity contribution in [3.8, 4) is 5.75 Å². The Balaban J connectivity index is 1.92. The third kappa shape index (κ3) is 2.90. The molecule has 0 saturated heterocycles. The summed E-state index contributed by atoms with van der Waals surface area (Å²) in [5.41, 5.74) is 1.12. The molecule has 1 aromatic carbocycles. The van der Waals surface area contributed by atoms with Gasteiger partial charge in [0.2, 0.25) is 5.91 Å². The molecule has 4 heteroatoms. The fourth-order valence-electron chi connectivity index (χ4n) is 1.91. The summed E-state index contributed by atoms with van der Waals surface area (Å²) >= 11 is 0. The maximum absolute atomic E-state index is 11.1. The number of carbonyl (C=O) groups is 1. The van der Waals surface area contributed by atoms with E-state index >= 15 is 0 Å². The molecule has 1 aliphatic rings. The van der Waals surface area contributed by atoms with Crippen LogP contribution in [-0.4, -0.2) is 32.1 Å². The van der Waals surface area contributed by atoms with Crippen molar-refractivity contribution in [2.75, 3.05) is 31.1 Å². The molecule has 17 heavy (non-hydrogen) atoms. The monoisotopic (exact) mass is 234 g/mol. The third-order valence-electron chi connectivity index (χ3n) is 2.85. The van der Waals surface area contributed by atoms with E-state index in [2.05, 4.69) is 16.3 Å². The van der Waals surface area contributed by atoms with Crippen LogP contribution in [0.5, 0.6) is 5.75 Å². The first kappa shape index (κ1) is 11.8. The Bertz CT molecular complexity index is 393. The van der Waals surface area contributed by atoms with Crippen molar-refractivity contribution < 1.29 is 9.53 Å². The number of para-hydroxylation sites is 2. The largest absolute Gasteiger partial charge is 0.490 e. The van der Waals surface area contributed by atoms with Gasteiger partial charge in [0.15, 0.2) is 0 Å². The molecule has 1 aliphatic heterocycles. The second-order valence-corrected chi connectivity index (χ2v) is 4.01. The lowest BCUT2D eigenvalue weighted by Crippen LogP contribution is -2.39. The first-order valence-corrected chi connectivity index (χ1v) is 6.04. The molecule has 0 aliphatic carbocycles. The number of carbonyl (C=O) groups excluding carboxylic acids is 1. The molecule has 1 amide bonds. The summed E-state index contributed by atoms with van der Waals surface area (Å²) in [6.45, 7) is 4.95. The number of rotatable bonds is 4. The molecule has 0 aromatic heterocycles. The third-order valence-corrected chi connectivity index (χ3v) is 2.85. The number of ether oxygens (including phenoxy) is 1. The van der Waals surface area contributed by atoms with E-state index in [0.29, 0.717) is 19.6 Å². The Morgan fingerprint density at radius 2 is 2.29 bits per heavy atom. The predicted octanol–water partition coefficient (Wildman–Crippen LogP) is 1.41. The van der Waals surface area contributed by atoms with Gasteiger partial charge in [-0.1, -0.05) is 19.1 Å². The number of fused-ring (bicyclic) bond motifs is 1. The summed E-state index contributed by atoms with van der Waals surface area (Å²) in [4.78, 5) is 13.4. The number of amides is 1. The van der Waals surface area contributed by atoms with E-state index in [9.17, 15) is 4.79 Å². The van der Waals surface area contributed by atoms with Gasteiger partial charge in [0.1, 0.15) is 12.4 Å². The van der Waals surface area contributed by atoms with Crippen molar-refractivity contribution in [1.29, 1.82) is 0 Å². The summed E-state index contributed by atoms with van der Waals surface area (Å²) in [5, 5.41) is 2.89. The zero-order chi connectivity index (χ0) is 12.1. The molecule has 0 atom stereocenters. The van der Waals surface area contributed by atoms with Crippen LogP contribution < -0.4 is 15.0 Å². The van der Waals surface area contributed by atoms with Gasteiger partial charge in [0.05, 0.1) is 12.2 Å². The van der Waals surface area contributed by atoms with Gasteiger partial charge in [-0.05, 0) is 12.1 Å². The standard InChI is InChI=1S/C13H18N2O2/c1-2-13(16)14-7-8-15-9-10-17-12-6-4-3-5-11(12)15/h3-6H,2,7-10H2,1H3,(H,14,16). The zero-order valence-electron chi connectivity index (χ0n) is 10.1. The number of hydrogen-bond acceptors (Lipinski definition) is 3. The van der Waals surface area contributed by atoms with Crippen molar-refractivity contribution in [3.63, 3.8) is 0 Å². The van der Waals surface area contributed by atoms with E-state index < -0.39 is 0 Å². The van der Waals surface area contributed by atoms with Gasteiger partial charge >= 0.3 is 0 Å². The van der Waals surface area contributed by atoms with Crippen molar-refractivity contribution >= 4 is 11.6 Å². The van der Waals surface area contributed by atoms with Crippen LogP contribution in [0.3, 0.4) is 0 Å². The first-order chi connectivity index (χ1) is 8.31. The van der Waals surface area contributed by atoms with Gasteiger partial charge in [0, 0.05) is 19.5 Å². The van der Waals surface area contributed by atoms with Crippen LogP contribution in [0.4, 0.5) is 5.69 Å². The fourth-order valence-corrected chi connectivity index (χ4v) is 1.91. The minimum absolute atomic E-state index is 0.103. The molecule has 1 N–H and O–H groups in total. The highest BCUT2D eigenvalue weighted by molar-refractivity contribution is 5.75. The molecular weight excluding hydrogens is 216 g/mol. The van der Waals surface area contributed by atoms with Crippen LogP contribution in [-0.2, 0) is 4.79 Å². The van der Waals surface area contributed by atoms with E-state index in [-0.39, 0.29) is 5.91 Å².